The molecular formula is C20H21NO. The van der Waals surface area contributed by atoms with Gasteiger partial charge in [-0.3, -0.25) is 9.78 Å². The molecule has 1 atom stereocenters. The van der Waals surface area contributed by atoms with Crippen molar-refractivity contribution >= 4 is 5.78 Å². The second-order valence-electron chi connectivity index (χ2n) is 6.14. The van der Waals surface area contributed by atoms with Crippen LogP contribution in [-0.2, 0) is 11.2 Å². The van der Waals surface area contributed by atoms with Crippen molar-refractivity contribution in [1.82, 2.24) is 4.98 Å². The van der Waals surface area contributed by atoms with Crippen LogP contribution in [-0.4, -0.2) is 10.8 Å². The lowest BCUT2D eigenvalue weighted by Crippen LogP contribution is -2.19. The zero-order valence-corrected chi connectivity index (χ0v) is 13.4. The molecule has 0 saturated heterocycles. The van der Waals surface area contributed by atoms with Gasteiger partial charge in [0.25, 0.3) is 0 Å². The molecule has 0 bridgehead atoms. The summed E-state index contributed by atoms with van der Waals surface area (Å²) in [6.45, 7) is 5.71. The molecule has 0 fully saturated rings. The Bertz CT molecular complexity index is 729. The minimum absolute atomic E-state index is 0.144. The first-order valence-electron chi connectivity index (χ1n) is 7.77. The van der Waals surface area contributed by atoms with Crippen LogP contribution in [0.2, 0.25) is 0 Å². The van der Waals surface area contributed by atoms with Crippen molar-refractivity contribution in [2.45, 2.75) is 33.6 Å². The van der Waals surface area contributed by atoms with Crippen LogP contribution in [0.25, 0.3) is 0 Å². The molecular weight excluding hydrogens is 270 g/mol. The van der Waals surface area contributed by atoms with E-state index >= 15 is 0 Å². The van der Waals surface area contributed by atoms with Crippen LogP contribution in [0.15, 0.2) is 64.9 Å². The molecule has 0 N–H and O–H groups in total. The maximum absolute atomic E-state index is 12.0. The van der Waals surface area contributed by atoms with Crippen LogP contribution in [0.4, 0.5) is 0 Å². The largest absolute Gasteiger partial charge is 0.295 e. The Hall–Kier alpha value is -2.22. The quantitative estimate of drug-likeness (QED) is 0.832. The van der Waals surface area contributed by atoms with Gasteiger partial charge in [0.2, 0.25) is 0 Å². The van der Waals surface area contributed by atoms with Crippen molar-refractivity contribution in [3.63, 3.8) is 0 Å². The van der Waals surface area contributed by atoms with E-state index in [1.54, 1.807) is 6.92 Å². The van der Waals surface area contributed by atoms with E-state index in [-0.39, 0.29) is 5.78 Å². The molecule has 0 aliphatic heterocycles. The Kier molecular flexibility index (Phi) is 3.93. The fraction of sp³-hybridized carbons (Fsp3) is 0.300. The Morgan fingerprint density at radius 3 is 2.82 bits per heavy atom. The number of carbonyl (C=O) groups is 1. The molecule has 22 heavy (non-hydrogen) atoms. The predicted molar refractivity (Wildman–Crippen MR) is 89.5 cm³/mol. The molecule has 1 aromatic heterocycles. The average Bonchev–Trinajstić information content (AvgIpc) is 2.52. The molecule has 0 amide bonds. The normalized spacial score (nSPS) is 20.4. The highest BCUT2D eigenvalue weighted by molar-refractivity contribution is 5.98. The first-order chi connectivity index (χ1) is 10.6. The molecule has 2 heteroatoms. The summed E-state index contributed by atoms with van der Waals surface area (Å²) in [5, 5.41) is 0. The average molecular weight is 291 g/mol. The van der Waals surface area contributed by atoms with Gasteiger partial charge in [-0.1, -0.05) is 35.9 Å². The molecule has 2 aliphatic carbocycles. The summed E-state index contributed by atoms with van der Waals surface area (Å²) in [5.74, 6) is 0.542. The molecule has 0 spiro atoms. The Morgan fingerprint density at radius 2 is 2.14 bits per heavy atom. The van der Waals surface area contributed by atoms with E-state index in [9.17, 15) is 4.79 Å². The molecule has 0 aromatic carbocycles. The number of nitrogens with zero attached hydrogens (tertiary/aromatic N) is 1. The fourth-order valence-electron chi connectivity index (χ4n) is 3.30. The highest BCUT2D eigenvalue weighted by Crippen LogP contribution is 2.39. The van der Waals surface area contributed by atoms with E-state index in [0.717, 1.165) is 29.7 Å². The van der Waals surface area contributed by atoms with Gasteiger partial charge in [0.05, 0.1) is 0 Å². The van der Waals surface area contributed by atoms with Crippen LogP contribution in [0.3, 0.4) is 0 Å². The van der Waals surface area contributed by atoms with Crippen molar-refractivity contribution < 1.29 is 4.79 Å². The number of hydrogen-bond acceptors (Lipinski definition) is 2. The number of rotatable bonds is 3. The van der Waals surface area contributed by atoms with Gasteiger partial charge in [-0.2, -0.15) is 0 Å². The lowest BCUT2D eigenvalue weighted by atomic mass is 9.74. The monoisotopic (exact) mass is 291 g/mol. The van der Waals surface area contributed by atoms with Crippen molar-refractivity contribution in [1.29, 1.82) is 0 Å². The third kappa shape index (κ3) is 2.74. The standard InChI is InChI=1S/C20H21NO/c1-13-8-9-16(12-21-13)10-17-11-20(15(3)22)14(2)18-6-4-5-7-19(17)18/h4-6,8-9,11-12,19H,7,10H2,1-3H3. The zero-order chi connectivity index (χ0) is 15.7. The summed E-state index contributed by atoms with van der Waals surface area (Å²) in [6, 6.07) is 4.17. The third-order valence-electron chi connectivity index (χ3n) is 4.53. The fourth-order valence-corrected chi connectivity index (χ4v) is 3.30. The van der Waals surface area contributed by atoms with Crippen LogP contribution >= 0.6 is 0 Å². The minimum atomic E-state index is 0.144. The first kappa shape index (κ1) is 14.7. The summed E-state index contributed by atoms with van der Waals surface area (Å²) in [7, 11) is 0. The molecule has 2 aliphatic rings. The maximum atomic E-state index is 12.0. The van der Waals surface area contributed by atoms with Crippen molar-refractivity contribution in [3.05, 3.63) is 76.2 Å². The molecule has 2 nitrogen and oxygen atoms in total. The number of aryl methyl sites for hydroxylation is 1. The summed E-state index contributed by atoms with van der Waals surface area (Å²) < 4.78 is 0. The van der Waals surface area contributed by atoms with Gasteiger partial charge in [0.15, 0.2) is 5.78 Å². The molecule has 0 radical (unpaired) electrons. The van der Waals surface area contributed by atoms with Crippen LogP contribution in [0.5, 0.6) is 0 Å². The van der Waals surface area contributed by atoms with E-state index in [4.69, 9.17) is 0 Å². The second kappa shape index (κ2) is 5.88. The van der Waals surface area contributed by atoms with Crippen molar-refractivity contribution in [2.24, 2.45) is 5.92 Å². The Balaban J connectivity index is 2.00. The van der Waals surface area contributed by atoms with E-state index in [0.29, 0.717) is 5.92 Å². The first-order valence-corrected chi connectivity index (χ1v) is 7.77. The van der Waals surface area contributed by atoms with E-state index in [2.05, 4.69) is 42.3 Å². The minimum Gasteiger partial charge on any atom is -0.295 e. The van der Waals surface area contributed by atoms with Gasteiger partial charge >= 0.3 is 0 Å². The van der Waals surface area contributed by atoms with Gasteiger partial charge < -0.3 is 0 Å². The van der Waals surface area contributed by atoms with Crippen LogP contribution in [0, 0.1) is 12.8 Å². The lowest BCUT2D eigenvalue weighted by Gasteiger charge is -2.30. The molecule has 1 heterocycles. The predicted octanol–water partition coefficient (Wildman–Crippen LogP) is 4.28. The topological polar surface area (TPSA) is 30.0 Å². The SMILES string of the molecule is CC(=O)C1=C(C)C2=CC=CCC2C(Cc2ccc(C)nc2)=C1. The van der Waals surface area contributed by atoms with Crippen molar-refractivity contribution in [2.75, 3.05) is 0 Å². The molecule has 1 unspecified atom stereocenters. The van der Waals surface area contributed by atoms with Crippen LogP contribution in [0.1, 0.15) is 31.5 Å². The van der Waals surface area contributed by atoms with Gasteiger partial charge in [-0.15, -0.1) is 0 Å². The number of aromatic nitrogens is 1. The molecule has 1 aromatic rings. The molecule has 112 valence electrons. The number of Topliss-reactive ketones (excluding diaryl/α,β-unsaturated/α-hetero) is 1. The Morgan fingerprint density at radius 1 is 1.32 bits per heavy atom. The number of hydrogen-bond donors (Lipinski definition) is 0. The summed E-state index contributed by atoms with van der Waals surface area (Å²) in [4.78, 5) is 16.3. The maximum Gasteiger partial charge on any atom is 0.160 e. The van der Waals surface area contributed by atoms with Gasteiger partial charge in [-0.25, -0.2) is 0 Å². The zero-order valence-electron chi connectivity index (χ0n) is 13.4. The summed E-state index contributed by atoms with van der Waals surface area (Å²) >= 11 is 0. The lowest BCUT2D eigenvalue weighted by molar-refractivity contribution is -0.113. The van der Waals surface area contributed by atoms with Crippen LogP contribution < -0.4 is 0 Å². The third-order valence-corrected chi connectivity index (χ3v) is 4.53. The number of fused-ring (bicyclic) bond motifs is 1. The van der Waals surface area contributed by atoms with E-state index < -0.39 is 0 Å². The van der Waals surface area contributed by atoms with Crippen molar-refractivity contribution in [3.8, 4) is 0 Å². The number of pyridine rings is 1. The van der Waals surface area contributed by atoms with E-state index in [1.807, 2.05) is 19.2 Å². The number of ketones is 1. The van der Waals surface area contributed by atoms with Gasteiger partial charge in [-0.05, 0) is 56.4 Å². The number of carbonyl (C=O) groups excluding carboxylic acids is 1. The Labute approximate surface area is 132 Å². The number of allylic oxidation sites excluding steroid dienone is 8. The second-order valence-corrected chi connectivity index (χ2v) is 6.14. The summed E-state index contributed by atoms with van der Waals surface area (Å²) in [6.07, 6.45) is 12.4. The molecule has 0 saturated carbocycles. The smallest absolute Gasteiger partial charge is 0.160 e. The summed E-state index contributed by atoms with van der Waals surface area (Å²) in [5.41, 5.74) is 6.83. The van der Waals surface area contributed by atoms with Gasteiger partial charge in [0, 0.05) is 23.4 Å². The highest BCUT2D eigenvalue weighted by Gasteiger charge is 2.27. The molecule has 3 rings (SSSR count). The van der Waals surface area contributed by atoms with E-state index in [1.165, 1.54) is 16.7 Å². The van der Waals surface area contributed by atoms with Gasteiger partial charge in [0.1, 0.15) is 0 Å². The highest BCUT2D eigenvalue weighted by atomic mass is 16.1.